The van der Waals surface area contributed by atoms with Crippen LogP contribution < -0.4 is 10.2 Å². The van der Waals surface area contributed by atoms with Crippen LogP contribution in [0.1, 0.15) is 27.3 Å². The van der Waals surface area contributed by atoms with Gasteiger partial charge in [-0.1, -0.05) is 23.8 Å². The van der Waals surface area contributed by atoms with E-state index in [-0.39, 0.29) is 5.91 Å². The summed E-state index contributed by atoms with van der Waals surface area (Å²) < 4.78 is 0. The molecule has 3 heterocycles. The number of hydrogen-bond acceptors (Lipinski definition) is 5. The lowest BCUT2D eigenvalue weighted by molar-refractivity contribution is 0.0961. The van der Waals surface area contributed by atoms with Crippen LogP contribution in [0.25, 0.3) is 10.8 Å². The van der Waals surface area contributed by atoms with Crippen LogP contribution in [0.5, 0.6) is 0 Å². The summed E-state index contributed by atoms with van der Waals surface area (Å²) in [7, 11) is 1.90. The minimum Gasteiger partial charge on any atom is -0.346 e. The summed E-state index contributed by atoms with van der Waals surface area (Å²) in [6.07, 6.45) is 3.60. The Morgan fingerprint density at radius 1 is 1.17 bits per heavy atom. The van der Waals surface area contributed by atoms with Crippen molar-refractivity contribution in [3.05, 3.63) is 59.2 Å². The lowest BCUT2D eigenvalue weighted by Gasteiger charge is -2.17. The number of nitrogens with one attached hydrogen (secondary N) is 1. The van der Waals surface area contributed by atoms with Crippen molar-refractivity contribution in [1.82, 2.24) is 20.3 Å². The molecule has 4 rings (SSSR count). The molecule has 1 aliphatic heterocycles. The van der Waals surface area contributed by atoms with E-state index in [1.807, 2.05) is 18.1 Å². The summed E-state index contributed by atoms with van der Waals surface area (Å²) in [6, 6.07) is 8.39. The van der Waals surface area contributed by atoms with Crippen LogP contribution in [-0.4, -0.2) is 27.9 Å². The number of nitrogens with zero attached hydrogens (tertiary/aromatic N) is 4. The zero-order valence-corrected chi connectivity index (χ0v) is 13.6. The van der Waals surface area contributed by atoms with Gasteiger partial charge in [0, 0.05) is 36.9 Å². The van der Waals surface area contributed by atoms with Gasteiger partial charge in [-0.05, 0) is 18.4 Å². The van der Waals surface area contributed by atoms with Crippen LogP contribution >= 0.6 is 0 Å². The molecular formula is C18H17N5O. The van der Waals surface area contributed by atoms with Gasteiger partial charge in [-0.2, -0.15) is 0 Å². The van der Waals surface area contributed by atoms with Gasteiger partial charge in [0.15, 0.2) is 0 Å². The van der Waals surface area contributed by atoms with Crippen molar-refractivity contribution in [2.75, 3.05) is 11.9 Å². The average Bonchev–Trinajstić information content (AvgIpc) is 2.95. The van der Waals surface area contributed by atoms with E-state index < -0.39 is 0 Å². The number of carbonyl (C=O) groups excluding carboxylic acids is 1. The van der Waals surface area contributed by atoms with Gasteiger partial charge in [-0.3, -0.25) is 9.78 Å². The Bertz CT molecular complexity index is 953. The van der Waals surface area contributed by atoms with Gasteiger partial charge in [-0.15, -0.1) is 0 Å². The fourth-order valence-corrected chi connectivity index (χ4v) is 2.87. The minimum atomic E-state index is -0.138. The Labute approximate surface area is 139 Å². The molecule has 0 saturated heterocycles. The first-order chi connectivity index (χ1) is 11.6. The lowest BCUT2D eigenvalue weighted by Crippen LogP contribution is -2.21. The zero-order valence-electron chi connectivity index (χ0n) is 13.6. The second-order valence-corrected chi connectivity index (χ2v) is 6.11. The summed E-state index contributed by atoms with van der Waals surface area (Å²) in [5.41, 5.74) is 3.47. The van der Waals surface area contributed by atoms with E-state index in [0.29, 0.717) is 24.7 Å². The van der Waals surface area contributed by atoms with E-state index in [1.165, 1.54) is 10.9 Å². The molecule has 1 amide bonds. The molecule has 2 aromatic heterocycles. The minimum absolute atomic E-state index is 0.138. The normalized spacial score (nSPS) is 13.0. The first-order valence-corrected chi connectivity index (χ1v) is 7.81. The molecule has 0 atom stereocenters. The van der Waals surface area contributed by atoms with Gasteiger partial charge >= 0.3 is 0 Å². The number of aryl methyl sites for hydroxylation is 1. The molecule has 0 fully saturated rings. The van der Waals surface area contributed by atoms with Crippen molar-refractivity contribution in [2.24, 2.45) is 0 Å². The molecule has 0 saturated carbocycles. The van der Waals surface area contributed by atoms with Crippen molar-refractivity contribution in [1.29, 1.82) is 0 Å². The number of hydrogen-bond donors (Lipinski definition) is 1. The van der Waals surface area contributed by atoms with Gasteiger partial charge in [0.05, 0.1) is 12.2 Å². The second kappa shape index (κ2) is 5.56. The molecule has 0 spiro atoms. The fraction of sp³-hybridized carbons (Fsp3) is 0.222. The Balaban J connectivity index is 1.61. The summed E-state index contributed by atoms with van der Waals surface area (Å²) in [5.74, 6) is 0.387. The average molecular weight is 319 g/mol. The number of pyridine rings is 1. The molecule has 1 aromatic carbocycles. The molecule has 0 unspecified atom stereocenters. The third kappa shape index (κ3) is 2.56. The van der Waals surface area contributed by atoms with E-state index in [0.717, 1.165) is 16.6 Å². The van der Waals surface area contributed by atoms with E-state index in [9.17, 15) is 4.79 Å². The molecule has 120 valence electrons. The highest BCUT2D eigenvalue weighted by Gasteiger charge is 2.22. The molecule has 1 aliphatic rings. The third-order valence-corrected chi connectivity index (χ3v) is 4.18. The zero-order chi connectivity index (χ0) is 16.7. The maximum absolute atomic E-state index is 11.7. The highest BCUT2D eigenvalue weighted by Crippen LogP contribution is 2.19. The van der Waals surface area contributed by atoms with Crippen molar-refractivity contribution in [2.45, 2.75) is 20.0 Å². The summed E-state index contributed by atoms with van der Waals surface area (Å²) in [5, 5.41) is 5.05. The Kier molecular flexibility index (Phi) is 3.37. The number of rotatable bonds is 3. The van der Waals surface area contributed by atoms with Crippen molar-refractivity contribution < 1.29 is 4.79 Å². The largest absolute Gasteiger partial charge is 0.346 e. The smallest absolute Gasteiger partial charge is 0.270 e. The number of amides is 1. The number of benzene rings is 1. The highest BCUT2D eigenvalue weighted by molar-refractivity contribution is 5.96. The monoisotopic (exact) mass is 319 g/mol. The van der Waals surface area contributed by atoms with Crippen LogP contribution in [0.2, 0.25) is 0 Å². The molecule has 1 N–H and O–H groups in total. The van der Waals surface area contributed by atoms with Gasteiger partial charge < -0.3 is 10.2 Å². The maximum Gasteiger partial charge on any atom is 0.270 e. The first kappa shape index (κ1) is 14.6. The standard InChI is InChI=1S/C18H17N5O/c1-11-3-4-12-7-19-15(6-13(12)5-11)10-23(2)18-21-9-14-8-20-17(24)16(14)22-18/h3-7,9H,8,10H2,1-2H3,(H,20,24). The molecule has 0 radical (unpaired) electrons. The number of fused-ring (bicyclic) bond motifs is 2. The predicted octanol–water partition coefficient (Wildman–Crippen LogP) is 2.21. The first-order valence-electron chi connectivity index (χ1n) is 7.81. The van der Waals surface area contributed by atoms with Crippen LogP contribution in [0.3, 0.4) is 0 Å². The van der Waals surface area contributed by atoms with Crippen molar-refractivity contribution in [3.8, 4) is 0 Å². The number of anilines is 1. The number of aromatic nitrogens is 3. The van der Waals surface area contributed by atoms with Crippen molar-refractivity contribution >= 4 is 22.6 Å². The molecule has 3 aromatic rings. The molecule has 24 heavy (non-hydrogen) atoms. The van der Waals surface area contributed by atoms with Crippen LogP contribution in [0.4, 0.5) is 5.95 Å². The maximum atomic E-state index is 11.7. The summed E-state index contributed by atoms with van der Waals surface area (Å²) in [4.78, 5) is 26.9. The second-order valence-electron chi connectivity index (χ2n) is 6.11. The van der Waals surface area contributed by atoms with Crippen LogP contribution in [-0.2, 0) is 13.1 Å². The molecule has 6 nitrogen and oxygen atoms in total. The van der Waals surface area contributed by atoms with Gasteiger partial charge in [-0.25, -0.2) is 9.97 Å². The SMILES string of the molecule is Cc1ccc2cnc(CN(C)c3ncc4c(n3)C(=O)NC4)cc2c1. The summed E-state index contributed by atoms with van der Waals surface area (Å²) in [6.45, 7) is 3.16. The molecular weight excluding hydrogens is 302 g/mol. The topological polar surface area (TPSA) is 71.0 Å². The van der Waals surface area contributed by atoms with Gasteiger partial charge in [0.25, 0.3) is 5.91 Å². The van der Waals surface area contributed by atoms with Crippen molar-refractivity contribution in [3.63, 3.8) is 0 Å². The highest BCUT2D eigenvalue weighted by atomic mass is 16.2. The predicted molar refractivity (Wildman–Crippen MR) is 91.8 cm³/mol. The fourth-order valence-electron chi connectivity index (χ4n) is 2.87. The van der Waals surface area contributed by atoms with E-state index in [4.69, 9.17) is 0 Å². The van der Waals surface area contributed by atoms with Crippen LogP contribution in [0, 0.1) is 6.92 Å². The Morgan fingerprint density at radius 3 is 2.92 bits per heavy atom. The Hall–Kier alpha value is -3.02. The van der Waals surface area contributed by atoms with E-state index in [1.54, 1.807) is 6.20 Å². The third-order valence-electron chi connectivity index (χ3n) is 4.18. The molecule has 6 heteroatoms. The summed E-state index contributed by atoms with van der Waals surface area (Å²) >= 11 is 0. The number of carbonyl (C=O) groups is 1. The molecule has 0 aliphatic carbocycles. The quantitative estimate of drug-likeness (QED) is 0.801. The van der Waals surface area contributed by atoms with E-state index >= 15 is 0 Å². The molecule has 0 bridgehead atoms. The van der Waals surface area contributed by atoms with Gasteiger partial charge in [0.1, 0.15) is 5.69 Å². The lowest BCUT2D eigenvalue weighted by atomic mass is 10.1. The van der Waals surface area contributed by atoms with Gasteiger partial charge in [0.2, 0.25) is 5.95 Å². The van der Waals surface area contributed by atoms with Crippen LogP contribution in [0.15, 0.2) is 36.7 Å². The Morgan fingerprint density at radius 2 is 2.04 bits per heavy atom. The van der Waals surface area contributed by atoms with E-state index in [2.05, 4.69) is 51.5 Å².